The van der Waals surface area contributed by atoms with Crippen molar-refractivity contribution in [1.29, 1.82) is 0 Å². The predicted molar refractivity (Wildman–Crippen MR) is 128 cm³/mol. The molecule has 0 aliphatic heterocycles. The molecule has 4 aromatic carbocycles. The van der Waals surface area contributed by atoms with Crippen LogP contribution in [0.5, 0.6) is 11.5 Å². The lowest BCUT2D eigenvalue weighted by Crippen LogP contribution is -2.24. The quantitative estimate of drug-likeness (QED) is 0.178. The number of benzene rings is 4. The van der Waals surface area contributed by atoms with E-state index in [4.69, 9.17) is 21.1 Å². The van der Waals surface area contributed by atoms with Gasteiger partial charge >= 0.3 is 5.97 Å². The molecule has 164 valence electrons. The predicted octanol–water partition coefficient (Wildman–Crippen LogP) is 5.24. The second kappa shape index (κ2) is 10.4. The third kappa shape index (κ3) is 5.75. The number of ether oxygens (including phenoxy) is 2. The van der Waals surface area contributed by atoms with E-state index in [2.05, 4.69) is 10.5 Å². The third-order valence-corrected chi connectivity index (χ3v) is 5.03. The van der Waals surface area contributed by atoms with E-state index in [9.17, 15) is 9.59 Å². The van der Waals surface area contributed by atoms with E-state index in [0.29, 0.717) is 27.6 Å². The summed E-state index contributed by atoms with van der Waals surface area (Å²) in [5, 5.41) is 6.23. The summed E-state index contributed by atoms with van der Waals surface area (Å²) < 4.78 is 11.0. The molecule has 0 atom stereocenters. The minimum Gasteiger partial charge on any atom is -0.483 e. The lowest BCUT2D eigenvalue weighted by Gasteiger charge is -2.08. The van der Waals surface area contributed by atoms with Crippen LogP contribution >= 0.6 is 11.6 Å². The molecule has 0 spiro atoms. The number of esters is 1. The molecule has 0 fully saturated rings. The van der Waals surface area contributed by atoms with Gasteiger partial charge in [-0.2, -0.15) is 5.10 Å². The highest BCUT2D eigenvalue weighted by molar-refractivity contribution is 6.33. The minimum absolute atomic E-state index is 0.164. The lowest BCUT2D eigenvalue weighted by atomic mass is 10.1. The molecule has 1 N–H and O–H groups in total. The molecule has 0 unspecified atom stereocenters. The van der Waals surface area contributed by atoms with E-state index < -0.39 is 5.97 Å². The highest BCUT2D eigenvalue weighted by atomic mass is 35.5. The van der Waals surface area contributed by atoms with Gasteiger partial charge in [0.15, 0.2) is 6.61 Å². The van der Waals surface area contributed by atoms with Crippen molar-refractivity contribution < 1.29 is 19.1 Å². The monoisotopic (exact) mass is 458 g/mol. The summed E-state index contributed by atoms with van der Waals surface area (Å²) >= 11 is 6.01. The fraction of sp³-hybridized carbons (Fsp3) is 0.0385. The van der Waals surface area contributed by atoms with Gasteiger partial charge in [-0.15, -0.1) is 0 Å². The van der Waals surface area contributed by atoms with Crippen LogP contribution in [0.2, 0.25) is 5.02 Å². The fourth-order valence-electron chi connectivity index (χ4n) is 3.09. The molecule has 0 aliphatic rings. The average Bonchev–Trinajstić information content (AvgIpc) is 2.84. The van der Waals surface area contributed by atoms with E-state index in [0.717, 1.165) is 10.8 Å². The summed E-state index contributed by atoms with van der Waals surface area (Å²) in [5.74, 6) is 0.0729. The van der Waals surface area contributed by atoms with E-state index in [1.807, 2.05) is 42.5 Å². The maximum atomic E-state index is 12.2. The van der Waals surface area contributed by atoms with Gasteiger partial charge in [0.1, 0.15) is 11.5 Å². The number of fused-ring (bicyclic) bond motifs is 1. The second-order valence-corrected chi connectivity index (χ2v) is 7.40. The van der Waals surface area contributed by atoms with Crippen molar-refractivity contribution in [3.05, 3.63) is 107 Å². The standard InChI is InChI=1S/C26H19ClN2O4/c27-23-10-4-3-9-22(23)26(31)33-20-14-12-18(13-15-20)16-28-29-25(30)17-32-24-11-5-7-19-6-1-2-8-21(19)24/h1-16H,17H2,(H,29,30)/b28-16-. The largest absolute Gasteiger partial charge is 0.483 e. The molecule has 0 saturated carbocycles. The first-order valence-corrected chi connectivity index (χ1v) is 10.5. The van der Waals surface area contributed by atoms with Gasteiger partial charge in [-0.1, -0.05) is 60.1 Å². The normalized spacial score (nSPS) is 10.8. The molecule has 7 heteroatoms. The summed E-state index contributed by atoms with van der Waals surface area (Å²) in [6.45, 7) is -0.164. The van der Waals surface area contributed by atoms with Crippen molar-refractivity contribution in [3.8, 4) is 11.5 Å². The van der Waals surface area contributed by atoms with Gasteiger partial charge in [-0.05, 0) is 53.4 Å². The maximum absolute atomic E-state index is 12.2. The SMILES string of the molecule is O=C(COc1cccc2ccccc12)N/N=C\c1ccc(OC(=O)c2ccccc2Cl)cc1. The van der Waals surface area contributed by atoms with Gasteiger partial charge in [0.05, 0.1) is 16.8 Å². The highest BCUT2D eigenvalue weighted by Gasteiger charge is 2.12. The zero-order valence-corrected chi connectivity index (χ0v) is 18.2. The fourth-order valence-corrected chi connectivity index (χ4v) is 3.30. The van der Waals surface area contributed by atoms with Crippen LogP contribution in [0.3, 0.4) is 0 Å². The number of hydrazone groups is 1. The molecule has 0 saturated heterocycles. The highest BCUT2D eigenvalue weighted by Crippen LogP contribution is 2.25. The smallest absolute Gasteiger partial charge is 0.345 e. The zero-order valence-electron chi connectivity index (χ0n) is 17.4. The number of hydrogen-bond donors (Lipinski definition) is 1. The Kier molecular flexibility index (Phi) is 6.97. The van der Waals surface area contributed by atoms with Crippen molar-refractivity contribution >= 4 is 40.5 Å². The Morgan fingerprint density at radius 1 is 0.879 bits per heavy atom. The van der Waals surface area contributed by atoms with Crippen LogP contribution in [0.25, 0.3) is 10.8 Å². The van der Waals surface area contributed by atoms with Gasteiger partial charge < -0.3 is 9.47 Å². The van der Waals surface area contributed by atoms with Crippen LogP contribution < -0.4 is 14.9 Å². The first-order valence-electron chi connectivity index (χ1n) is 10.1. The molecule has 0 aromatic heterocycles. The molecule has 33 heavy (non-hydrogen) atoms. The maximum Gasteiger partial charge on any atom is 0.345 e. The molecule has 0 aliphatic carbocycles. The first kappa shape index (κ1) is 22.0. The van der Waals surface area contributed by atoms with Crippen LogP contribution in [-0.2, 0) is 4.79 Å². The van der Waals surface area contributed by atoms with Crippen molar-refractivity contribution in [1.82, 2.24) is 5.43 Å². The van der Waals surface area contributed by atoms with Gasteiger partial charge in [0.2, 0.25) is 0 Å². The number of amides is 1. The first-order chi connectivity index (χ1) is 16.1. The van der Waals surface area contributed by atoms with Crippen LogP contribution in [0, 0.1) is 0 Å². The Morgan fingerprint density at radius 2 is 1.61 bits per heavy atom. The number of carbonyl (C=O) groups excluding carboxylic acids is 2. The molecule has 1 amide bonds. The van der Waals surface area contributed by atoms with Gasteiger partial charge in [0, 0.05) is 5.39 Å². The van der Waals surface area contributed by atoms with Crippen molar-refractivity contribution in [3.63, 3.8) is 0 Å². The number of nitrogens with zero attached hydrogens (tertiary/aromatic N) is 1. The number of nitrogens with one attached hydrogen (secondary N) is 1. The molecular weight excluding hydrogens is 440 g/mol. The van der Waals surface area contributed by atoms with Crippen LogP contribution in [-0.4, -0.2) is 24.7 Å². The molecular formula is C26H19ClN2O4. The zero-order chi connectivity index (χ0) is 23.0. The summed E-state index contributed by atoms with van der Waals surface area (Å²) in [7, 11) is 0. The molecule has 4 rings (SSSR count). The molecule has 0 radical (unpaired) electrons. The summed E-state index contributed by atoms with van der Waals surface area (Å²) in [6, 6.07) is 26.8. The van der Waals surface area contributed by atoms with Crippen LogP contribution in [0.15, 0.2) is 96.1 Å². The van der Waals surface area contributed by atoms with Crippen LogP contribution in [0.4, 0.5) is 0 Å². The Hall–Kier alpha value is -4.16. The van der Waals surface area contributed by atoms with E-state index in [1.54, 1.807) is 48.5 Å². The third-order valence-electron chi connectivity index (χ3n) is 4.70. The number of rotatable bonds is 7. The summed E-state index contributed by atoms with van der Waals surface area (Å²) in [4.78, 5) is 24.3. The minimum atomic E-state index is -0.541. The van der Waals surface area contributed by atoms with Gasteiger partial charge in [-0.25, -0.2) is 10.2 Å². The Bertz CT molecular complexity index is 1310. The van der Waals surface area contributed by atoms with Crippen molar-refractivity contribution in [2.24, 2.45) is 5.10 Å². The van der Waals surface area contributed by atoms with Crippen molar-refractivity contribution in [2.75, 3.05) is 6.61 Å². The van der Waals surface area contributed by atoms with Gasteiger partial charge in [0.25, 0.3) is 5.91 Å². The van der Waals surface area contributed by atoms with E-state index in [1.165, 1.54) is 6.21 Å². The molecule has 0 bridgehead atoms. The number of halogens is 1. The lowest BCUT2D eigenvalue weighted by molar-refractivity contribution is -0.123. The summed E-state index contributed by atoms with van der Waals surface area (Å²) in [5.41, 5.74) is 3.43. The number of hydrogen-bond acceptors (Lipinski definition) is 5. The average molecular weight is 459 g/mol. The summed E-state index contributed by atoms with van der Waals surface area (Å²) in [6.07, 6.45) is 1.48. The van der Waals surface area contributed by atoms with E-state index in [-0.39, 0.29) is 12.5 Å². The second-order valence-electron chi connectivity index (χ2n) is 7.00. The molecule has 0 heterocycles. The van der Waals surface area contributed by atoms with Crippen LogP contribution in [0.1, 0.15) is 15.9 Å². The topological polar surface area (TPSA) is 77.0 Å². The van der Waals surface area contributed by atoms with Gasteiger partial charge in [-0.3, -0.25) is 4.79 Å². The Morgan fingerprint density at radius 3 is 2.42 bits per heavy atom. The molecule has 4 aromatic rings. The Labute approximate surface area is 195 Å². The van der Waals surface area contributed by atoms with Crippen molar-refractivity contribution in [2.45, 2.75) is 0 Å². The van der Waals surface area contributed by atoms with E-state index >= 15 is 0 Å². The number of carbonyl (C=O) groups is 2. The Balaban J connectivity index is 1.28. The molecule has 6 nitrogen and oxygen atoms in total.